The molecule has 1 heterocycles. The van der Waals surface area contributed by atoms with Crippen LogP contribution in [-0.2, 0) is 6.54 Å². The van der Waals surface area contributed by atoms with Gasteiger partial charge < -0.3 is 5.32 Å². The highest BCUT2D eigenvalue weighted by Gasteiger charge is 2.08. The lowest BCUT2D eigenvalue weighted by molar-refractivity contribution is 0.451. The zero-order chi connectivity index (χ0) is 14.5. The van der Waals surface area contributed by atoms with E-state index in [1.165, 1.54) is 18.4 Å². The molecule has 0 fully saturated rings. The van der Waals surface area contributed by atoms with Crippen molar-refractivity contribution in [3.8, 4) is 0 Å². The van der Waals surface area contributed by atoms with Crippen molar-refractivity contribution in [1.82, 2.24) is 10.3 Å². The highest BCUT2D eigenvalue weighted by atomic mass is 35.5. The molecule has 0 aliphatic carbocycles. The first-order chi connectivity index (χ1) is 9.58. The SMILES string of the molecule is CC(C)CCC(C)NCc1ccc(Cl)c2cccnc12. The van der Waals surface area contributed by atoms with Crippen molar-refractivity contribution >= 4 is 22.5 Å². The molecule has 2 aromatic rings. The Kier molecular flexibility index (Phi) is 5.38. The summed E-state index contributed by atoms with van der Waals surface area (Å²) < 4.78 is 0. The summed E-state index contributed by atoms with van der Waals surface area (Å²) in [5.41, 5.74) is 2.21. The Morgan fingerprint density at radius 3 is 2.70 bits per heavy atom. The van der Waals surface area contributed by atoms with Crippen LogP contribution in [0.25, 0.3) is 10.9 Å². The molecule has 0 aliphatic heterocycles. The van der Waals surface area contributed by atoms with E-state index in [0.717, 1.165) is 28.4 Å². The van der Waals surface area contributed by atoms with Gasteiger partial charge in [-0.3, -0.25) is 4.98 Å². The molecule has 20 heavy (non-hydrogen) atoms. The first-order valence-corrected chi connectivity index (χ1v) is 7.71. The number of benzene rings is 1. The van der Waals surface area contributed by atoms with Gasteiger partial charge in [0, 0.05) is 29.2 Å². The molecule has 1 N–H and O–H groups in total. The quantitative estimate of drug-likeness (QED) is 0.826. The van der Waals surface area contributed by atoms with Crippen LogP contribution >= 0.6 is 11.6 Å². The zero-order valence-electron chi connectivity index (χ0n) is 12.5. The number of nitrogens with one attached hydrogen (secondary N) is 1. The summed E-state index contributed by atoms with van der Waals surface area (Å²) in [5.74, 6) is 0.761. The molecule has 2 rings (SSSR count). The molecular weight excluding hydrogens is 268 g/mol. The molecule has 1 aromatic heterocycles. The van der Waals surface area contributed by atoms with E-state index in [4.69, 9.17) is 11.6 Å². The van der Waals surface area contributed by atoms with Crippen molar-refractivity contribution in [3.05, 3.63) is 41.0 Å². The lowest BCUT2D eigenvalue weighted by Crippen LogP contribution is -2.25. The normalized spacial score (nSPS) is 13.1. The summed E-state index contributed by atoms with van der Waals surface area (Å²) in [4.78, 5) is 4.47. The minimum absolute atomic E-state index is 0.520. The second kappa shape index (κ2) is 7.05. The van der Waals surface area contributed by atoms with E-state index in [1.54, 1.807) is 0 Å². The van der Waals surface area contributed by atoms with Crippen LogP contribution in [0.3, 0.4) is 0 Å². The first kappa shape index (κ1) is 15.3. The average molecular weight is 291 g/mol. The van der Waals surface area contributed by atoms with E-state index < -0.39 is 0 Å². The maximum absolute atomic E-state index is 6.22. The second-order valence-corrected chi connectivity index (χ2v) is 6.27. The summed E-state index contributed by atoms with van der Waals surface area (Å²) in [5, 5.41) is 5.38. The standard InChI is InChI=1S/C17H23ClN2/c1-12(2)6-7-13(3)20-11-14-8-9-16(18)15-5-4-10-19-17(14)15/h4-5,8-10,12-13,20H,6-7,11H2,1-3H3. The Bertz CT molecular complexity index is 566. The van der Waals surface area contributed by atoms with Gasteiger partial charge in [0.1, 0.15) is 0 Å². The molecule has 0 saturated carbocycles. The number of rotatable bonds is 6. The number of aromatic nitrogens is 1. The van der Waals surface area contributed by atoms with Gasteiger partial charge in [-0.05, 0) is 49.4 Å². The van der Waals surface area contributed by atoms with Crippen molar-refractivity contribution < 1.29 is 0 Å². The zero-order valence-corrected chi connectivity index (χ0v) is 13.2. The lowest BCUT2D eigenvalue weighted by atomic mass is 10.0. The van der Waals surface area contributed by atoms with Crippen molar-refractivity contribution in [2.45, 2.75) is 46.2 Å². The summed E-state index contributed by atoms with van der Waals surface area (Å²) >= 11 is 6.22. The fourth-order valence-electron chi connectivity index (χ4n) is 2.31. The number of hydrogen-bond donors (Lipinski definition) is 1. The van der Waals surface area contributed by atoms with Crippen LogP contribution in [0.15, 0.2) is 30.5 Å². The molecule has 1 aromatic carbocycles. The third-order valence-corrected chi connectivity index (χ3v) is 3.95. The molecule has 0 amide bonds. The van der Waals surface area contributed by atoms with Gasteiger partial charge >= 0.3 is 0 Å². The summed E-state index contributed by atoms with van der Waals surface area (Å²) in [6.45, 7) is 7.62. The number of hydrogen-bond acceptors (Lipinski definition) is 2. The van der Waals surface area contributed by atoms with Crippen molar-refractivity contribution in [3.63, 3.8) is 0 Å². The average Bonchev–Trinajstić information content (AvgIpc) is 2.45. The van der Waals surface area contributed by atoms with Crippen LogP contribution in [0.5, 0.6) is 0 Å². The Labute approximate surface area is 126 Å². The van der Waals surface area contributed by atoms with Crippen LogP contribution in [-0.4, -0.2) is 11.0 Å². The molecule has 0 radical (unpaired) electrons. The van der Waals surface area contributed by atoms with Gasteiger partial charge in [-0.25, -0.2) is 0 Å². The van der Waals surface area contributed by atoms with Gasteiger partial charge in [-0.15, -0.1) is 0 Å². The summed E-state index contributed by atoms with van der Waals surface area (Å²) in [6.07, 6.45) is 4.29. The Balaban J connectivity index is 2.05. The molecule has 0 spiro atoms. The van der Waals surface area contributed by atoms with E-state index in [2.05, 4.69) is 37.1 Å². The van der Waals surface area contributed by atoms with Crippen LogP contribution in [0.2, 0.25) is 5.02 Å². The molecular formula is C17H23ClN2. The molecule has 1 atom stereocenters. The smallest absolute Gasteiger partial charge is 0.0761 e. The van der Waals surface area contributed by atoms with Gasteiger partial charge in [0.05, 0.1) is 5.52 Å². The highest BCUT2D eigenvalue weighted by molar-refractivity contribution is 6.35. The van der Waals surface area contributed by atoms with E-state index >= 15 is 0 Å². The predicted molar refractivity (Wildman–Crippen MR) is 87.1 cm³/mol. The third kappa shape index (κ3) is 3.94. The molecule has 108 valence electrons. The summed E-state index contributed by atoms with van der Waals surface area (Å²) in [7, 11) is 0. The van der Waals surface area contributed by atoms with Gasteiger partial charge in [0.15, 0.2) is 0 Å². The van der Waals surface area contributed by atoms with E-state index in [0.29, 0.717) is 6.04 Å². The third-order valence-electron chi connectivity index (χ3n) is 3.62. The molecule has 0 bridgehead atoms. The Morgan fingerprint density at radius 2 is 1.95 bits per heavy atom. The topological polar surface area (TPSA) is 24.9 Å². The molecule has 0 aliphatic rings. The van der Waals surface area contributed by atoms with Gasteiger partial charge in [0.2, 0.25) is 0 Å². The molecule has 2 nitrogen and oxygen atoms in total. The molecule has 1 unspecified atom stereocenters. The van der Waals surface area contributed by atoms with Gasteiger partial charge in [-0.2, -0.15) is 0 Å². The fourth-order valence-corrected chi connectivity index (χ4v) is 2.52. The lowest BCUT2D eigenvalue weighted by Gasteiger charge is -2.16. The minimum Gasteiger partial charge on any atom is -0.310 e. The van der Waals surface area contributed by atoms with Crippen LogP contribution < -0.4 is 5.32 Å². The maximum atomic E-state index is 6.22. The maximum Gasteiger partial charge on any atom is 0.0761 e. The van der Waals surface area contributed by atoms with Crippen molar-refractivity contribution in [1.29, 1.82) is 0 Å². The number of fused-ring (bicyclic) bond motifs is 1. The number of pyridine rings is 1. The van der Waals surface area contributed by atoms with E-state index in [9.17, 15) is 0 Å². The number of halogens is 1. The van der Waals surface area contributed by atoms with Crippen LogP contribution in [0.4, 0.5) is 0 Å². The van der Waals surface area contributed by atoms with Gasteiger partial charge in [-0.1, -0.05) is 31.5 Å². The number of nitrogens with zero attached hydrogens (tertiary/aromatic N) is 1. The highest BCUT2D eigenvalue weighted by Crippen LogP contribution is 2.24. The first-order valence-electron chi connectivity index (χ1n) is 7.33. The second-order valence-electron chi connectivity index (χ2n) is 5.86. The van der Waals surface area contributed by atoms with Crippen molar-refractivity contribution in [2.24, 2.45) is 5.92 Å². The van der Waals surface area contributed by atoms with Crippen LogP contribution in [0, 0.1) is 5.92 Å². The van der Waals surface area contributed by atoms with E-state index in [-0.39, 0.29) is 0 Å². The fraction of sp³-hybridized carbons (Fsp3) is 0.471. The predicted octanol–water partition coefficient (Wildman–Crippen LogP) is 4.80. The Morgan fingerprint density at radius 1 is 1.15 bits per heavy atom. The van der Waals surface area contributed by atoms with E-state index in [1.807, 2.05) is 24.4 Å². The summed E-state index contributed by atoms with van der Waals surface area (Å²) in [6, 6.07) is 8.50. The Hall–Kier alpha value is -1.12. The molecule has 3 heteroatoms. The van der Waals surface area contributed by atoms with Gasteiger partial charge in [0.25, 0.3) is 0 Å². The largest absolute Gasteiger partial charge is 0.310 e. The molecule has 0 saturated heterocycles. The van der Waals surface area contributed by atoms with Crippen LogP contribution in [0.1, 0.15) is 39.2 Å². The minimum atomic E-state index is 0.520. The van der Waals surface area contributed by atoms with Crippen molar-refractivity contribution in [2.75, 3.05) is 0 Å². The monoisotopic (exact) mass is 290 g/mol.